The number of aryl methyl sites for hydroxylation is 1. The first-order valence-electron chi connectivity index (χ1n) is 7.03. The van der Waals surface area contributed by atoms with E-state index in [-0.39, 0.29) is 5.78 Å². The lowest BCUT2D eigenvalue weighted by atomic mass is 10.1. The van der Waals surface area contributed by atoms with Crippen LogP contribution in [0.1, 0.15) is 23.0 Å². The highest BCUT2D eigenvalue weighted by Crippen LogP contribution is 2.27. The zero-order chi connectivity index (χ0) is 15.7. The molecule has 2 aromatic carbocycles. The van der Waals surface area contributed by atoms with Crippen molar-refractivity contribution in [1.29, 1.82) is 0 Å². The van der Waals surface area contributed by atoms with Crippen LogP contribution in [0.25, 0.3) is 10.9 Å². The lowest BCUT2D eigenvalue weighted by molar-refractivity contribution is 0.101. The summed E-state index contributed by atoms with van der Waals surface area (Å²) in [6.45, 7) is 1.93. The number of rotatable bonds is 4. The summed E-state index contributed by atoms with van der Waals surface area (Å²) in [6.07, 6.45) is 0. The van der Waals surface area contributed by atoms with Gasteiger partial charge >= 0.3 is 0 Å². The second-order valence-electron chi connectivity index (χ2n) is 5.20. The van der Waals surface area contributed by atoms with Gasteiger partial charge in [-0.05, 0) is 37.3 Å². The second-order valence-corrected chi connectivity index (χ2v) is 5.63. The molecular weight excluding hydrogens is 298 g/mol. The maximum atomic E-state index is 12.1. The van der Waals surface area contributed by atoms with Crippen LogP contribution in [0.5, 0.6) is 5.75 Å². The highest BCUT2D eigenvalue weighted by atomic mass is 35.5. The lowest BCUT2D eigenvalue weighted by Gasteiger charge is -2.09. The number of para-hydroxylation sites is 1. The number of hydrogen-bond donors (Lipinski definition) is 0. The summed E-state index contributed by atoms with van der Waals surface area (Å²) < 4.78 is 7.83. The Hall–Kier alpha value is -2.26. The van der Waals surface area contributed by atoms with E-state index in [9.17, 15) is 4.79 Å². The SMILES string of the molecule is CC(=O)c1c(COc2ccc(Cl)cc2)n(C)c2ccccc12. The molecule has 0 aliphatic rings. The number of ether oxygens (including phenoxy) is 1. The fourth-order valence-electron chi connectivity index (χ4n) is 2.69. The molecule has 1 heterocycles. The molecule has 0 unspecified atom stereocenters. The van der Waals surface area contributed by atoms with Crippen molar-refractivity contribution in [1.82, 2.24) is 4.57 Å². The molecule has 0 atom stereocenters. The number of nitrogens with zero attached hydrogens (tertiary/aromatic N) is 1. The number of carbonyl (C=O) groups is 1. The molecule has 3 nitrogen and oxygen atoms in total. The Kier molecular flexibility index (Phi) is 3.90. The molecule has 22 heavy (non-hydrogen) atoms. The van der Waals surface area contributed by atoms with Crippen LogP contribution in [0.4, 0.5) is 0 Å². The quantitative estimate of drug-likeness (QED) is 0.658. The zero-order valence-corrected chi connectivity index (χ0v) is 13.2. The van der Waals surface area contributed by atoms with Gasteiger partial charge in [0.1, 0.15) is 12.4 Å². The number of ketones is 1. The van der Waals surface area contributed by atoms with Crippen molar-refractivity contribution in [3.05, 3.63) is 64.8 Å². The van der Waals surface area contributed by atoms with E-state index < -0.39 is 0 Å². The largest absolute Gasteiger partial charge is 0.487 e. The summed E-state index contributed by atoms with van der Waals surface area (Å²) in [5.41, 5.74) is 2.64. The third-order valence-corrected chi connectivity index (χ3v) is 4.02. The number of halogens is 1. The van der Waals surface area contributed by atoms with Crippen molar-refractivity contribution < 1.29 is 9.53 Å². The van der Waals surface area contributed by atoms with Gasteiger partial charge in [0.25, 0.3) is 0 Å². The van der Waals surface area contributed by atoms with E-state index >= 15 is 0 Å². The van der Waals surface area contributed by atoms with Crippen molar-refractivity contribution in [2.45, 2.75) is 13.5 Å². The average Bonchev–Trinajstić information content (AvgIpc) is 2.80. The summed E-state index contributed by atoms with van der Waals surface area (Å²) in [4.78, 5) is 12.1. The van der Waals surface area contributed by atoms with Crippen LogP contribution in [0.2, 0.25) is 5.02 Å². The fourth-order valence-corrected chi connectivity index (χ4v) is 2.82. The summed E-state index contributed by atoms with van der Waals surface area (Å²) in [7, 11) is 1.95. The number of hydrogen-bond acceptors (Lipinski definition) is 2. The Morgan fingerprint density at radius 1 is 1.14 bits per heavy atom. The van der Waals surface area contributed by atoms with Crippen LogP contribution in [-0.2, 0) is 13.7 Å². The van der Waals surface area contributed by atoms with Crippen LogP contribution in [0.15, 0.2) is 48.5 Å². The molecule has 0 saturated carbocycles. The van der Waals surface area contributed by atoms with Crippen molar-refractivity contribution in [2.24, 2.45) is 7.05 Å². The van der Waals surface area contributed by atoms with Gasteiger partial charge in [0, 0.05) is 28.5 Å². The van der Waals surface area contributed by atoms with Crippen LogP contribution < -0.4 is 4.74 Å². The molecule has 0 saturated heterocycles. The van der Waals surface area contributed by atoms with Crippen molar-refractivity contribution in [3.8, 4) is 5.75 Å². The molecule has 1 aromatic heterocycles. The summed E-state index contributed by atoms with van der Waals surface area (Å²) >= 11 is 5.87. The number of Topliss-reactive ketones (excluding diaryl/α,β-unsaturated/α-hetero) is 1. The molecule has 0 spiro atoms. The zero-order valence-electron chi connectivity index (χ0n) is 12.5. The topological polar surface area (TPSA) is 31.2 Å². The molecule has 0 radical (unpaired) electrons. The van der Waals surface area contributed by atoms with Gasteiger partial charge in [0.2, 0.25) is 0 Å². The first kappa shape index (κ1) is 14.7. The van der Waals surface area contributed by atoms with Gasteiger partial charge in [-0.1, -0.05) is 29.8 Å². The van der Waals surface area contributed by atoms with Crippen LogP contribution in [0, 0.1) is 0 Å². The predicted octanol–water partition coefficient (Wildman–Crippen LogP) is 4.61. The predicted molar refractivity (Wildman–Crippen MR) is 88.7 cm³/mol. The maximum absolute atomic E-state index is 12.1. The summed E-state index contributed by atoms with van der Waals surface area (Å²) in [6, 6.07) is 15.1. The second kappa shape index (κ2) is 5.85. The number of aromatic nitrogens is 1. The molecule has 3 aromatic rings. The van der Waals surface area contributed by atoms with Crippen molar-refractivity contribution in [3.63, 3.8) is 0 Å². The van der Waals surface area contributed by atoms with E-state index in [0.717, 1.165) is 27.9 Å². The van der Waals surface area contributed by atoms with Gasteiger partial charge in [-0.25, -0.2) is 0 Å². The molecule has 0 bridgehead atoms. The van der Waals surface area contributed by atoms with Crippen molar-refractivity contribution >= 4 is 28.3 Å². The molecule has 4 heteroatoms. The Labute approximate surface area is 134 Å². The van der Waals surface area contributed by atoms with E-state index in [1.54, 1.807) is 19.1 Å². The standard InChI is InChI=1S/C18H16ClNO2/c1-12(21)18-15-5-3-4-6-16(15)20(2)17(18)11-22-14-9-7-13(19)8-10-14/h3-10H,11H2,1-2H3. The number of fused-ring (bicyclic) bond motifs is 1. The minimum atomic E-state index is 0.0477. The fraction of sp³-hybridized carbons (Fsp3) is 0.167. The molecule has 3 rings (SSSR count). The van der Waals surface area contributed by atoms with Gasteiger partial charge in [-0.2, -0.15) is 0 Å². The minimum Gasteiger partial charge on any atom is -0.487 e. The van der Waals surface area contributed by atoms with Gasteiger partial charge < -0.3 is 9.30 Å². The maximum Gasteiger partial charge on any atom is 0.162 e. The summed E-state index contributed by atoms with van der Waals surface area (Å²) in [5, 5.41) is 1.63. The Balaban J connectivity index is 1.99. The number of benzene rings is 2. The molecule has 0 N–H and O–H groups in total. The average molecular weight is 314 g/mol. The Morgan fingerprint density at radius 2 is 1.82 bits per heavy atom. The Morgan fingerprint density at radius 3 is 2.50 bits per heavy atom. The van der Waals surface area contributed by atoms with Gasteiger partial charge in [0.05, 0.1) is 5.69 Å². The first-order chi connectivity index (χ1) is 10.6. The monoisotopic (exact) mass is 313 g/mol. The van der Waals surface area contributed by atoms with Crippen LogP contribution >= 0.6 is 11.6 Å². The third-order valence-electron chi connectivity index (χ3n) is 3.77. The van der Waals surface area contributed by atoms with E-state index in [1.807, 2.05) is 48.0 Å². The molecule has 0 fully saturated rings. The van der Waals surface area contributed by atoms with Gasteiger partial charge in [0.15, 0.2) is 5.78 Å². The lowest BCUT2D eigenvalue weighted by Crippen LogP contribution is -2.06. The third kappa shape index (κ3) is 2.60. The van der Waals surface area contributed by atoms with Crippen molar-refractivity contribution in [2.75, 3.05) is 0 Å². The smallest absolute Gasteiger partial charge is 0.162 e. The van der Waals surface area contributed by atoms with E-state index in [1.165, 1.54) is 0 Å². The van der Waals surface area contributed by atoms with E-state index in [2.05, 4.69) is 0 Å². The van der Waals surface area contributed by atoms with E-state index in [0.29, 0.717) is 11.6 Å². The molecular formula is C18H16ClNO2. The Bertz CT molecular complexity index is 834. The molecule has 0 aliphatic carbocycles. The minimum absolute atomic E-state index is 0.0477. The highest BCUT2D eigenvalue weighted by molar-refractivity contribution is 6.30. The molecule has 0 amide bonds. The first-order valence-corrected chi connectivity index (χ1v) is 7.41. The van der Waals surface area contributed by atoms with E-state index in [4.69, 9.17) is 16.3 Å². The number of carbonyl (C=O) groups excluding carboxylic acids is 1. The van der Waals surface area contributed by atoms with Gasteiger partial charge in [-0.3, -0.25) is 4.79 Å². The van der Waals surface area contributed by atoms with Gasteiger partial charge in [-0.15, -0.1) is 0 Å². The van der Waals surface area contributed by atoms with Crippen LogP contribution in [-0.4, -0.2) is 10.4 Å². The molecule has 0 aliphatic heterocycles. The van der Waals surface area contributed by atoms with Crippen LogP contribution in [0.3, 0.4) is 0 Å². The highest BCUT2D eigenvalue weighted by Gasteiger charge is 2.18. The summed E-state index contributed by atoms with van der Waals surface area (Å²) in [5.74, 6) is 0.774. The normalized spacial score (nSPS) is 10.9. The molecule has 112 valence electrons.